The molecule has 3 heteroatoms. The number of aryl methyl sites for hydroxylation is 1. The van der Waals surface area contributed by atoms with Gasteiger partial charge in [0.05, 0.1) is 12.0 Å². The molecule has 2 nitrogen and oxygen atoms in total. The summed E-state index contributed by atoms with van der Waals surface area (Å²) in [5.41, 5.74) is 5.15. The highest BCUT2D eigenvalue weighted by Gasteiger charge is 2.41. The van der Waals surface area contributed by atoms with Gasteiger partial charge in [-0.3, -0.25) is 4.79 Å². The highest BCUT2D eigenvalue weighted by molar-refractivity contribution is 9.10. The molecule has 1 atom stereocenters. The largest absolute Gasteiger partial charge is 0.486 e. The summed E-state index contributed by atoms with van der Waals surface area (Å²) in [7, 11) is 0. The first-order chi connectivity index (χ1) is 13.6. The summed E-state index contributed by atoms with van der Waals surface area (Å²) < 4.78 is 7.58. The fourth-order valence-corrected chi connectivity index (χ4v) is 4.99. The number of carbonyl (C=O) groups excluding carboxylic acids is 1. The number of benzene rings is 3. The summed E-state index contributed by atoms with van der Waals surface area (Å²) >= 11 is 3.52. The Morgan fingerprint density at radius 3 is 2.54 bits per heavy atom. The minimum atomic E-state index is -0.409. The van der Waals surface area contributed by atoms with E-state index in [1.807, 2.05) is 24.3 Å². The number of rotatable bonds is 1. The molecule has 1 heterocycles. The summed E-state index contributed by atoms with van der Waals surface area (Å²) in [4.78, 5) is 13.1. The summed E-state index contributed by atoms with van der Waals surface area (Å²) in [6, 6.07) is 22.7. The molecule has 0 saturated carbocycles. The standard InChI is InChI=1S/C25H21BrO2/c26-21-9-3-7-18(13-21)19-10-11-24-22(14-19)23(27)16-25(28-24)12-4-8-17-5-1-2-6-20(17)15-25/h1-3,5-7,9-11,13-14H,4,8,12,15-16H2. The van der Waals surface area contributed by atoms with Gasteiger partial charge in [0, 0.05) is 10.9 Å². The van der Waals surface area contributed by atoms with Crippen LogP contribution in [0.4, 0.5) is 0 Å². The number of halogens is 1. The van der Waals surface area contributed by atoms with Gasteiger partial charge in [-0.25, -0.2) is 0 Å². The van der Waals surface area contributed by atoms with Crippen LogP contribution in [0.25, 0.3) is 11.1 Å². The molecule has 3 aromatic carbocycles. The lowest BCUT2D eigenvalue weighted by molar-refractivity contribution is 0.0349. The van der Waals surface area contributed by atoms with E-state index in [1.54, 1.807) is 0 Å². The number of hydrogen-bond donors (Lipinski definition) is 0. The molecule has 5 rings (SSSR count). The Morgan fingerprint density at radius 1 is 0.857 bits per heavy atom. The van der Waals surface area contributed by atoms with E-state index in [4.69, 9.17) is 4.74 Å². The van der Waals surface area contributed by atoms with Crippen molar-refractivity contribution in [2.45, 2.75) is 37.7 Å². The SMILES string of the molecule is O=C1CC2(CCCc3ccccc3C2)Oc2ccc(-c3cccc(Br)c3)cc21. The van der Waals surface area contributed by atoms with Crippen LogP contribution in [0.5, 0.6) is 5.75 Å². The molecule has 0 saturated heterocycles. The molecule has 0 radical (unpaired) electrons. The van der Waals surface area contributed by atoms with Crippen LogP contribution in [-0.4, -0.2) is 11.4 Å². The van der Waals surface area contributed by atoms with E-state index in [-0.39, 0.29) is 5.78 Å². The normalized spacial score (nSPS) is 20.8. The lowest BCUT2D eigenvalue weighted by atomic mass is 9.82. The zero-order valence-electron chi connectivity index (χ0n) is 15.6. The molecule has 140 valence electrons. The second kappa shape index (κ2) is 6.89. The number of fused-ring (bicyclic) bond motifs is 2. The first-order valence-corrected chi connectivity index (χ1v) is 10.6. The van der Waals surface area contributed by atoms with Crippen LogP contribution in [0, 0.1) is 0 Å². The van der Waals surface area contributed by atoms with Crippen LogP contribution >= 0.6 is 15.9 Å². The molecule has 1 aliphatic carbocycles. The maximum Gasteiger partial charge on any atom is 0.170 e. The molecule has 0 amide bonds. The van der Waals surface area contributed by atoms with E-state index in [9.17, 15) is 4.79 Å². The predicted molar refractivity (Wildman–Crippen MR) is 115 cm³/mol. The van der Waals surface area contributed by atoms with Gasteiger partial charge in [-0.2, -0.15) is 0 Å². The second-order valence-corrected chi connectivity index (χ2v) is 8.82. The van der Waals surface area contributed by atoms with E-state index >= 15 is 0 Å². The van der Waals surface area contributed by atoms with Gasteiger partial charge in [0.1, 0.15) is 11.4 Å². The molecule has 0 aromatic heterocycles. The number of carbonyl (C=O) groups is 1. The highest BCUT2D eigenvalue weighted by Crippen LogP contribution is 2.41. The highest BCUT2D eigenvalue weighted by atomic mass is 79.9. The van der Waals surface area contributed by atoms with Crippen LogP contribution < -0.4 is 4.74 Å². The van der Waals surface area contributed by atoms with Crippen molar-refractivity contribution in [3.8, 4) is 16.9 Å². The number of ketones is 1. The minimum Gasteiger partial charge on any atom is -0.486 e. The van der Waals surface area contributed by atoms with Gasteiger partial charge in [-0.1, -0.05) is 58.4 Å². The van der Waals surface area contributed by atoms with Gasteiger partial charge < -0.3 is 4.74 Å². The number of hydrogen-bond acceptors (Lipinski definition) is 2. The summed E-state index contributed by atoms with van der Waals surface area (Å²) in [6.45, 7) is 0. The fourth-order valence-electron chi connectivity index (χ4n) is 4.59. The topological polar surface area (TPSA) is 26.3 Å². The van der Waals surface area contributed by atoms with E-state index in [2.05, 4.69) is 58.4 Å². The average Bonchev–Trinajstić information content (AvgIpc) is 2.86. The third-order valence-corrected chi connectivity index (χ3v) is 6.45. The Labute approximate surface area is 173 Å². The first kappa shape index (κ1) is 17.7. The van der Waals surface area contributed by atoms with E-state index in [1.165, 1.54) is 11.1 Å². The molecule has 0 fully saturated rings. The van der Waals surface area contributed by atoms with E-state index < -0.39 is 5.60 Å². The molecule has 1 unspecified atom stereocenters. The number of Topliss-reactive ketones (excluding diaryl/α,β-unsaturated/α-hetero) is 1. The van der Waals surface area contributed by atoms with Gasteiger partial charge in [0.25, 0.3) is 0 Å². The van der Waals surface area contributed by atoms with Gasteiger partial charge in [-0.05, 0) is 65.8 Å². The maximum atomic E-state index is 13.1. The Kier molecular flexibility index (Phi) is 4.36. The molecule has 0 N–H and O–H groups in total. The Morgan fingerprint density at radius 2 is 1.68 bits per heavy atom. The maximum absolute atomic E-state index is 13.1. The minimum absolute atomic E-state index is 0.192. The van der Waals surface area contributed by atoms with Crippen molar-refractivity contribution >= 4 is 21.7 Å². The Balaban J connectivity index is 1.50. The Hall–Kier alpha value is -2.39. The van der Waals surface area contributed by atoms with E-state index in [0.29, 0.717) is 12.0 Å². The van der Waals surface area contributed by atoms with Crippen molar-refractivity contribution < 1.29 is 9.53 Å². The van der Waals surface area contributed by atoms with Crippen molar-refractivity contribution in [3.63, 3.8) is 0 Å². The fraction of sp³-hybridized carbons (Fsp3) is 0.240. The van der Waals surface area contributed by atoms with Crippen LogP contribution in [0.1, 0.15) is 40.7 Å². The zero-order chi connectivity index (χ0) is 19.1. The lowest BCUT2D eigenvalue weighted by Crippen LogP contribution is -2.43. The van der Waals surface area contributed by atoms with Crippen LogP contribution in [0.15, 0.2) is 71.2 Å². The lowest BCUT2D eigenvalue weighted by Gasteiger charge is -2.37. The van der Waals surface area contributed by atoms with Gasteiger partial charge >= 0.3 is 0 Å². The van der Waals surface area contributed by atoms with Crippen LogP contribution in [-0.2, 0) is 12.8 Å². The first-order valence-electron chi connectivity index (χ1n) is 9.81. The van der Waals surface area contributed by atoms with Crippen molar-refractivity contribution in [1.29, 1.82) is 0 Å². The molecule has 3 aromatic rings. The smallest absolute Gasteiger partial charge is 0.170 e. The van der Waals surface area contributed by atoms with Crippen molar-refractivity contribution in [2.75, 3.05) is 0 Å². The van der Waals surface area contributed by atoms with E-state index in [0.717, 1.165) is 47.0 Å². The summed E-state index contributed by atoms with van der Waals surface area (Å²) in [6.07, 6.45) is 4.29. The van der Waals surface area contributed by atoms with Gasteiger partial charge in [-0.15, -0.1) is 0 Å². The summed E-state index contributed by atoms with van der Waals surface area (Å²) in [5, 5.41) is 0. The van der Waals surface area contributed by atoms with Crippen molar-refractivity contribution in [3.05, 3.63) is 87.9 Å². The zero-order valence-corrected chi connectivity index (χ0v) is 17.2. The molecular formula is C25H21BrO2. The summed E-state index contributed by atoms with van der Waals surface area (Å²) in [5.74, 6) is 0.923. The third-order valence-electron chi connectivity index (χ3n) is 5.96. The third kappa shape index (κ3) is 3.18. The number of ether oxygens (including phenoxy) is 1. The second-order valence-electron chi connectivity index (χ2n) is 7.91. The molecule has 0 bridgehead atoms. The van der Waals surface area contributed by atoms with Gasteiger partial charge in [0.15, 0.2) is 5.78 Å². The average molecular weight is 433 g/mol. The monoisotopic (exact) mass is 432 g/mol. The predicted octanol–water partition coefficient (Wildman–Crippen LogP) is 6.40. The quantitative estimate of drug-likeness (QED) is 0.444. The molecule has 28 heavy (non-hydrogen) atoms. The molecule has 1 spiro atoms. The molecule has 1 aliphatic heterocycles. The Bertz CT molecular complexity index is 1070. The molecular weight excluding hydrogens is 412 g/mol. The molecule has 2 aliphatic rings. The van der Waals surface area contributed by atoms with Crippen molar-refractivity contribution in [2.24, 2.45) is 0 Å². The van der Waals surface area contributed by atoms with Crippen molar-refractivity contribution in [1.82, 2.24) is 0 Å². The van der Waals surface area contributed by atoms with Crippen LogP contribution in [0.2, 0.25) is 0 Å². The van der Waals surface area contributed by atoms with Gasteiger partial charge in [0.2, 0.25) is 0 Å². The van der Waals surface area contributed by atoms with Crippen LogP contribution in [0.3, 0.4) is 0 Å².